The Morgan fingerprint density at radius 3 is 2.83 bits per heavy atom. The van der Waals surface area contributed by atoms with E-state index >= 15 is 0 Å². The summed E-state index contributed by atoms with van der Waals surface area (Å²) in [6.45, 7) is 5.84. The van der Waals surface area contributed by atoms with Crippen LogP contribution in [0.3, 0.4) is 0 Å². The number of nitrogens with one attached hydrogen (secondary N) is 1. The molecule has 24 heavy (non-hydrogen) atoms. The molecule has 0 spiro atoms. The fraction of sp³-hybridized carbons (Fsp3) is 0.647. The average molecular weight is 328 g/mol. The van der Waals surface area contributed by atoms with Crippen molar-refractivity contribution in [1.29, 1.82) is 0 Å². The van der Waals surface area contributed by atoms with Crippen molar-refractivity contribution in [1.82, 2.24) is 25.1 Å². The largest absolute Gasteiger partial charge is 0.354 e. The monoisotopic (exact) mass is 328 g/mol. The lowest BCUT2D eigenvalue weighted by molar-refractivity contribution is -0.125. The van der Waals surface area contributed by atoms with E-state index in [4.69, 9.17) is 5.10 Å². The lowest BCUT2D eigenvalue weighted by atomic mass is 9.97. The molecule has 7 heteroatoms. The average Bonchev–Trinajstić information content (AvgIpc) is 3.29. The Bertz CT molecular complexity index is 751. The van der Waals surface area contributed by atoms with E-state index in [9.17, 15) is 4.79 Å². The Morgan fingerprint density at radius 1 is 1.25 bits per heavy atom. The number of carbonyl (C=O) groups excluding carboxylic acids is 1. The van der Waals surface area contributed by atoms with Crippen LogP contribution in [0.25, 0.3) is 5.65 Å². The molecule has 1 N–H and O–H groups in total. The van der Waals surface area contributed by atoms with Crippen LogP contribution >= 0.6 is 0 Å². The zero-order valence-electron chi connectivity index (χ0n) is 14.3. The van der Waals surface area contributed by atoms with Crippen LogP contribution in [0.4, 0.5) is 5.82 Å². The molecule has 0 radical (unpaired) electrons. The molecule has 3 heterocycles. The molecular weight excluding hydrogens is 304 g/mol. The quantitative estimate of drug-likeness (QED) is 0.925. The maximum Gasteiger partial charge on any atom is 0.225 e. The normalized spacial score (nSPS) is 21.5. The second-order valence-corrected chi connectivity index (χ2v) is 7.24. The smallest absolute Gasteiger partial charge is 0.225 e. The maximum absolute atomic E-state index is 12.4. The van der Waals surface area contributed by atoms with Gasteiger partial charge in [0.1, 0.15) is 5.82 Å². The summed E-state index contributed by atoms with van der Waals surface area (Å²) in [6.07, 6.45) is 4.24. The standard InChI is InChI=1S/C17H24N6O/c1-11(2)16-20-19-14-7-8-15(21-23(14)16)22-9-3-4-12(10-22)17(24)18-13-5-6-13/h7-8,11-13H,3-6,9-10H2,1-2H3,(H,18,24)/t12-/m0/s1. The van der Waals surface area contributed by atoms with Crippen LogP contribution in [0.5, 0.6) is 0 Å². The first kappa shape index (κ1) is 15.4. The van der Waals surface area contributed by atoms with Crippen molar-refractivity contribution in [3.05, 3.63) is 18.0 Å². The van der Waals surface area contributed by atoms with Crippen molar-refractivity contribution in [3.63, 3.8) is 0 Å². The van der Waals surface area contributed by atoms with Crippen molar-refractivity contribution in [3.8, 4) is 0 Å². The molecule has 0 unspecified atom stereocenters. The van der Waals surface area contributed by atoms with Crippen LogP contribution in [0, 0.1) is 5.92 Å². The van der Waals surface area contributed by atoms with E-state index in [1.165, 1.54) is 0 Å². The summed E-state index contributed by atoms with van der Waals surface area (Å²) in [6, 6.07) is 4.36. The predicted molar refractivity (Wildman–Crippen MR) is 91.0 cm³/mol. The van der Waals surface area contributed by atoms with Gasteiger partial charge in [-0.3, -0.25) is 4.79 Å². The molecular formula is C17H24N6O. The number of carbonyl (C=O) groups is 1. The highest BCUT2D eigenvalue weighted by Crippen LogP contribution is 2.25. The first-order chi connectivity index (χ1) is 11.6. The van der Waals surface area contributed by atoms with Gasteiger partial charge in [-0.2, -0.15) is 4.52 Å². The van der Waals surface area contributed by atoms with E-state index in [2.05, 4.69) is 34.3 Å². The van der Waals surface area contributed by atoms with Crippen LogP contribution in [-0.4, -0.2) is 44.8 Å². The Balaban J connectivity index is 1.54. The number of hydrogen-bond donors (Lipinski definition) is 1. The molecule has 2 aromatic heterocycles. The summed E-state index contributed by atoms with van der Waals surface area (Å²) >= 11 is 0. The number of amides is 1. The molecule has 2 fully saturated rings. The van der Waals surface area contributed by atoms with E-state index in [-0.39, 0.29) is 17.7 Å². The van der Waals surface area contributed by atoms with Crippen molar-refractivity contribution < 1.29 is 4.79 Å². The molecule has 1 amide bonds. The van der Waals surface area contributed by atoms with Gasteiger partial charge in [0.25, 0.3) is 0 Å². The van der Waals surface area contributed by atoms with Gasteiger partial charge in [-0.15, -0.1) is 15.3 Å². The number of aromatic nitrogens is 4. The van der Waals surface area contributed by atoms with Crippen molar-refractivity contribution >= 4 is 17.4 Å². The molecule has 1 atom stereocenters. The second-order valence-electron chi connectivity index (χ2n) is 7.24. The highest BCUT2D eigenvalue weighted by atomic mass is 16.2. The Hall–Kier alpha value is -2.18. The van der Waals surface area contributed by atoms with Crippen molar-refractivity contribution in [2.75, 3.05) is 18.0 Å². The Morgan fingerprint density at radius 2 is 2.08 bits per heavy atom. The third-order valence-electron chi connectivity index (χ3n) is 4.83. The molecule has 2 aromatic rings. The summed E-state index contributed by atoms with van der Waals surface area (Å²) in [5.74, 6) is 2.29. The number of rotatable bonds is 4. The van der Waals surface area contributed by atoms with Crippen LogP contribution in [0.1, 0.15) is 51.3 Å². The minimum absolute atomic E-state index is 0.0577. The molecule has 128 valence electrons. The van der Waals surface area contributed by atoms with E-state index in [1.807, 2.05) is 16.6 Å². The highest BCUT2D eigenvalue weighted by molar-refractivity contribution is 5.80. The van der Waals surface area contributed by atoms with Gasteiger partial charge in [0.05, 0.1) is 5.92 Å². The maximum atomic E-state index is 12.4. The van der Waals surface area contributed by atoms with Crippen LogP contribution in [0.15, 0.2) is 12.1 Å². The van der Waals surface area contributed by atoms with E-state index in [0.717, 1.165) is 56.1 Å². The number of anilines is 1. The topological polar surface area (TPSA) is 75.4 Å². The van der Waals surface area contributed by atoms with Gasteiger partial charge < -0.3 is 10.2 Å². The lowest BCUT2D eigenvalue weighted by Crippen LogP contribution is -2.44. The first-order valence-electron chi connectivity index (χ1n) is 8.89. The summed E-state index contributed by atoms with van der Waals surface area (Å²) < 4.78 is 1.83. The summed E-state index contributed by atoms with van der Waals surface area (Å²) in [5.41, 5.74) is 0.766. The number of piperidine rings is 1. The van der Waals surface area contributed by atoms with E-state index in [1.54, 1.807) is 0 Å². The zero-order valence-corrected chi connectivity index (χ0v) is 14.3. The third kappa shape index (κ3) is 2.95. The van der Waals surface area contributed by atoms with Gasteiger partial charge in [-0.1, -0.05) is 13.8 Å². The van der Waals surface area contributed by atoms with Crippen molar-refractivity contribution in [2.24, 2.45) is 5.92 Å². The molecule has 1 aliphatic heterocycles. The SMILES string of the molecule is CC(C)c1nnc2ccc(N3CCC[C@H](C(=O)NC4CC4)C3)nn12. The van der Waals surface area contributed by atoms with E-state index in [0.29, 0.717) is 6.04 Å². The van der Waals surface area contributed by atoms with Gasteiger partial charge in [0, 0.05) is 25.0 Å². The fourth-order valence-electron chi connectivity index (χ4n) is 3.27. The Kier molecular flexibility index (Phi) is 3.86. The molecule has 1 saturated heterocycles. The molecule has 0 bridgehead atoms. The summed E-state index contributed by atoms with van der Waals surface area (Å²) in [4.78, 5) is 14.6. The van der Waals surface area contributed by atoms with Gasteiger partial charge in [0.15, 0.2) is 11.5 Å². The third-order valence-corrected chi connectivity index (χ3v) is 4.83. The van der Waals surface area contributed by atoms with Crippen molar-refractivity contribution in [2.45, 2.75) is 51.5 Å². The van der Waals surface area contributed by atoms with Gasteiger partial charge >= 0.3 is 0 Å². The molecule has 0 aromatic carbocycles. The number of fused-ring (bicyclic) bond motifs is 1. The first-order valence-corrected chi connectivity index (χ1v) is 8.89. The van der Waals surface area contributed by atoms with Crippen LogP contribution in [-0.2, 0) is 4.79 Å². The molecule has 2 aliphatic rings. The Labute approximate surface area is 141 Å². The molecule has 7 nitrogen and oxygen atoms in total. The number of nitrogens with zero attached hydrogens (tertiary/aromatic N) is 5. The van der Waals surface area contributed by atoms with Crippen LogP contribution < -0.4 is 10.2 Å². The molecule has 1 aliphatic carbocycles. The summed E-state index contributed by atoms with van der Waals surface area (Å²) in [7, 11) is 0. The minimum Gasteiger partial charge on any atom is -0.354 e. The lowest BCUT2D eigenvalue weighted by Gasteiger charge is -2.32. The highest BCUT2D eigenvalue weighted by Gasteiger charge is 2.31. The van der Waals surface area contributed by atoms with Crippen LogP contribution in [0.2, 0.25) is 0 Å². The van der Waals surface area contributed by atoms with Gasteiger partial charge in [-0.25, -0.2) is 0 Å². The molecule has 4 rings (SSSR count). The fourth-order valence-corrected chi connectivity index (χ4v) is 3.27. The molecule has 1 saturated carbocycles. The van der Waals surface area contributed by atoms with E-state index < -0.39 is 0 Å². The summed E-state index contributed by atoms with van der Waals surface area (Å²) in [5, 5.41) is 16.3. The zero-order chi connectivity index (χ0) is 16.7. The second kappa shape index (κ2) is 6.03. The van der Waals surface area contributed by atoms with Gasteiger partial charge in [0.2, 0.25) is 5.91 Å². The number of hydrogen-bond acceptors (Lipinski definition) is 5. The predicted octanol–water partition coefficient (Wildman–Crippen LogP) is 1.74. The van der Waals surface area contributed by atoms with Gasteiger partial charge in [-0.05, 0) is 37.8 Å². The minimum atomic E-state index is 0.0577.